The van der Waals surface area contributed by atoms with Crippen molar-refractivity contribution in [2.45, 2.75) is 44.8 Å². The van der Waals surface area contributed by atoms with Crippen LogP contribution in [0.4, 0.5) is 23.4 Å². The van der Waals surface area contributed by atoms with Gasteiger partial charge in [0.15, 0.2) is 17.6 Å². The standard InChI is InChI=1S/C21H32F4N6/c1-2-26-20(28-10-5-16-6-11-30(12-7-16)15-21(23,24)25)29-17-8-13-31(14-17)19-18(22)4-3-9-27-19/h3-4,9,16-17H,2,5-8,10-15H2,1H3,(H2,26,28,29). The number of hydrogen-bond acceptors (Lipinski definition) is 4. The van der Waals surface area contributed by atoms with Crippen LogP contribution in [0.1, 0.15) is 32.6 Å². The summed E-state index contributed by atoms with van der Waals surface area (Å²) in [5, 5.41) is 6.66. The monoisotopic (exact) mass is 444 g/mol. The molecule has 0 bridgehead atoms. The number of guanidine groups is 1. The van der Waals surface area contributed by atoms with E-state index in [0.717, 1.165) is 44.7 Å². The van der Waals surface area contributed by atoms with Gasteiger partial charge in [-0.25, -0.2) is 9.37 Å². The van der Waals surface area contributed by atoms with Crippen LogP contribution in [0.25, 0.3) is 0 Å². The molecule has 2 saturated heterocycles. The van der Waals surface area contributed by atoms with Crippen LogP contribution in [0.2, 0.25) is 0 Å². The third-order valence-corrected chi connectivity index (χ3v) is 5.83. The van der Waals surface area contributed by atoms with Gasteiger partial charge in [-0.05, 0) is 63.7 Å². The maximum atomic E-state index is 14.0. The molecule has 1 aromatic heterocycles. The molecular weight excluding hydrogens is 412 g/mol. The van der Waals surface area contributed by atoms with Crippen LogP contribution in [0.15, 0.2) is 23.3 Å². The van der Waals surface area contributed by atoms with Crippen molar-refractivity contribution in [2.24, 2.45) is 10.9 Å². The summed E-state index contributed by atoms with van der Waals surface area (Å²) in [7, 11) is 0. The van der Waals surface area contributed by atoms with Crippen molar-refractivity contribution in [3.05, 3.63) is 24.1 Å². The first-order valence-electron chi connectivity index (χ1n) is 11.0. The minimum atomic E-state index is -4.12. The Bertz CT molecular complexity index is 718. The second kappa shape index (κ2) is 11.0. The number of piperidine rings is 1. The molecule has 2 fully saturated rings. The second-order valence-electron chi connectivity index (χ2n) is 8.27. The van der Waals surface area contributed by atoms with Crippen molar-refractivity contribution in [1.29, 1.82) is 0 Å². The van der Waals surface area contributed by atoms with Gasteiger partial charge >= 0.3 is 6.18 Å². The summed E-state index contributed by atoms with van der Waals surface area (Å²) < 4.78 is 51.5. The van der Waals surface area contributed by atoms with Crippen LogP contribution in [0.5, 0.6) is 0 Å². The van der Waals surface area contributed by atoms with Crippen molar-refractivity contribution in [3.63, 3.8) is 0 Å². The van der Waals surface area contributed by atoms with Crippen molar-refractivity contribution in [1.82, 2.24) is 20.5 Å². The molecular formula is C21H32F4N6. The fourth-order valence-electron chi connectivity index (χ4n) is 4.24. The van der Waals surface area contributed by atoms with Crippen molar-refractivity contribution >= 4 is 11.8 Å². The molecule has 0 saturated carbocycles. The highest BCUT2D eigenvalue weighted by molar-refractivity contribution is 5.80. The first-order valence-corrected chi connectivity index (χ1v) is 11.0. The van der Waals surface area contributed by atoms with Crippen LogP contribution in [-0.2, 0) is 0 Å². The van der Waals surface area contributed by atoms with Crippen LogP contribution in [0, 0.1) is 11.7 Å². The summed E-state index contributed by atoms with van der Waals surface area (Å²) in [4.78, 5) is 12.2. The summed E-state index contributed by atoms with van der Waals surface area (Å²) in [5.74, 6) is 1.20. The molecule has 2 aliphatic rings. The third kappa shape index (κ3) is 7.52. The minimum Gasteiger partial charge on any atom is -0.357 e. The van der Waals surface area contributed by atoms with E-state index in [1.807, 2.05) is 11.8 Å². The number of likely N-dealkylation sites (tertiary alicyclic amines) is 1. The van der Waals surface area contributed by atoms with E-state index in [1.165, 1.54) is 11.0 Å². The van der Waals surface area contributed by atoms with E-state index in [9.17, 15) is 17.6 Å². The fourth-order valence-corrected chi connectivity index (χ4v) is 4.24. The molecule has 0 spiro atoms. The van der Waals surface area contributed by atoms with Crippen molar-refractivity contribution in [3.8, 4) is 0 Å². The Labute approximate surface area is 181 Å². The number of hydrogen-bond donors (Lipinski definition) is 2. The summed E-state index contributed by atoms with van der Waals surface area (Å²) >= 11 is 0. The number of pyridine rings is 1. The average molecular weight is 445 g/mol. The van der Waals surface area contributed by atoms with Gasteiger partial charge in [-0.15, -0.1) is 0 Å². The van der Waals surface area contributed by atoms with E-state index < -0.39 is 12.7 Å². The predicted octanol–water partition coefficient (Wildman–Crippen LogP) is 3.02. The third-order valence-electron chi connectivity index (χ3n) is 5.83. The smallest absolute Gasteiger partial charge is 0.357 e. The number of aromatic nitrogens is 1. The van der Waals surface area contributed by atoms with Gasteiger partial charge in [-0.3, -0.25) is 9.89 Å². The minimum absolute atomic E-state index is 0.143. The van der Waals surface area contributed by atoms with Gasteiger partial charge in [0.1, 0.15) is 0 Å². The van der Waals surface area contributed by atoms with Crippen LogP contribution < -0.4 is 15.5 Å². The molecule has 2 N–H and O–H groups in total. The van der Waals surface area contributed by atoms with Gasteiger partial charge in [-0.2, -0.15) is 13.2 Å². The molecule has 0 radical (unpaired) electrons. The van der Waals surface area contributed by atoms with Gasteiger partial charge in [0.05, 0.1) is 6.54 Å². The Hall–Kier alpha value is -2.10. The Balaban J connectivity index is 1.43. The summed E-state index contributed by atoms with van der Waals surface area (Å²) in [5.41, 5.74) is 0. The number of halogens is 4. The van der Waals surface area contributed by atoms with Crippen LogP contribution in [0.3, 0.4) is 0 Å². The van der Waals surface area contributed by atoms with E-state index in [1.54, 1.807) is 12.3 Å². The molecule has 2 aliphatic heterocycles. The lowest BCUT2D eigenvalue weighted by Crippen LogP contribution is -2.45. The normalized spacial score (nSPS) is 21.5. The number of aliphatic imine (C=N–C) groups is 1. The first-order chi connectivity index (χ1) is 14.8. The van der Waals surface area contributed by atoms with Crippen molar-refractivity contribution in [2.75, 3.05) is 50.7 Å². The zero-order valence-electron chi connectivity index (χ0n) is 18.0. The highest BCUT2D eigenvalue weighted by Crippen LogP contribution is 2.24. The summed E-state index contributed by atoms with van der Waals surface area (Å²) in [6, 6.07) is 3.15. The molecule has 0 aromatic carbocycles. The van der Waals surface area contributed by atoms with E-state index >= 15 is 0 Å². The van der Waals surface area contributed by atoms with Gasteiger partial charge in [0.2, 0.25) is 0 Å². The SMILES string of the molecule is CCNC(=NCCC1CCN(CC(F)(F)F)CC1)NC1CCN(c2ncccc2F)C1. The zero-order chi connectivity index (χ0) is 22.3. The zero-order valence-corrected chi connectivity index (χ0v) is 18.0. The van der Waals surface area contributed by atoms with Gasteiger partial charge in [0.25, 0.3) is 0 Å². The molecule has 0 amide bonds. The molecule has 10 heteroatoms. The fraction of sp³-hybridized carbons (Fsp3) is 0.714. The molecule has 1 aromatic rings. The second-order valence-corrected chi connectivity index (χ2v) is 8.27. The molecule has 0 aliphatic carbocycles. The Morgan fingerprint density at radius 3 is 2.68 bits per heavy atom. The summed E-state index contributed by atoms with van der Waals surface area (Å²) in [6.45, 7) is 4.91. The number of nitrogens with zero attached hydrogens (tertiary/aromatic N) is 4. The van der Waals surface area contributed by atoms with Gasteiger partial charge < -0.3 is 15.5 Å². The summed E-state index contributed by atoms with van der Waals surface area (Å²) in [6.07, 6.45) is 0.760. The number of rotatable bonds is 7. The lowest BCUT2D eigenvalue weighted by Gasteiger charge is -2.32. The number of anilines is 1. The number of alkyl halides is 3. The quantitative estimate of drug-likeness (QED) is 0.385. The average Bonchev–Trinajstić information content (AvgIpc) is 3.17. The van der Waals surface area contributed by atoms with Crippen molar-refractivity contribution < 1.29 is 17.6 Å². The molecule has 31 heavy (non-hydrogen) atoms. The van der Waals surface area contributed by atoms with Crippen LogP contribution in [-0.4, -0.2) is 73.9 Å². The van der Waals surface area contributed by atoms with Gasteiger partial charge in [0, 0.05) is 38.4 Å². The first kappa shape index (κ1) is 23.6. The Kier molecular flexibility index (Phi) is 8.34. The largest absolute Gasteiger partial charge is 0.401 e. The Morgan fingerprint density at radius 2 is 2.00 bits per heavy atom. The molecule has 1 atom stereocenters. The molecule has 6 nitrogen and oxygen atoms in total. The molecule has 3 rings (SSSR count). The highest BCUT2D eigenvalue weighted by atomic mass is 19.4. The predicted molar refractivity (Wildman–Crippen MR) is 114 cm³/mol. The lowest BCUT2D eigenvalue weighted by molar-refractivity contribution is -0.148. The molecule has 3 heterocycles. The Morgan fingerprint density at radius 1 is 1.23 bits per heavy atom. The maximum absolute atomic E-state index is 14.0. The van der Waals surface area contributed by atoms with Gasteiger partial charge in [-0.1, -0.05) is 0 Å². The van der Waals surface area contributed by atoms with E-state index in [2.05, 4.69) is 20.6 Å². The van der Waals surface area contributed by atoms with E-state index in [-0.39, 0.29) is 11.9 Å². The van der Waals surface area contributed by atoms with Crippen LogP contribution >= 0.6 is 0 Å². The molecule has 174 valence electrons. The van der Waals surface area contributed by atoms with E-state index in [4.69, 9.17) is 0 Å². The molecule has 1 unspecified atom stereocenters. The number of nitrogens with one attached hydrogen (secondary N) is 2. The van der Waals surface area contributed by atoms with E-state index in [0.29, 0.717) is 37.9 Å². The highest BCUT2D eigenvalue weighted by Gasteiger charge is 2.32. The maximum Gasteiger partial charge on any atom is 0.401 e. The topological polar surface area (TPSA) is 55.8 Å². The lowest BCUT2D eigenvalue weighted by atomic mass is 9.93.